The molecule has 1 aliphatic carbocycles. The van der Waals surface area contributed by atoms with E-state index in [1.54, 1.807) is 12.3 Å². The van der Waals surface area contributed by atoms with Crippen molar-refractivity contribution in [3.63, 3.8) is 0 Å². The van der Waals surface area contributed by atoms with Crippen LogP contribution in [0.2, 0.25) is 5.02 Å². The van der Waals surface area contributed by atoms with Gasteiger partial charge >= 0.3 is 0 Å². The summed E-state index contributed by atoms with van der Waals surface area (Å²) < 4.78 is 0. The van der Waals surface area contributed by atoms with Crippen molar-refractivity contribution >= 4 is 23.3 Å². The van der Waals surface area contributed by atoms with Crippen molar-refractivity contribution in [2.75, 3.05) is 25.0 Å². The summed E-state index contributed by atoms with van der Waals surface area (Å²) >= 11 is 6.21. The number of anilines is 1. The molecule has 116 valence electrons. The minimum atomic E-state index is 0.0418. The second kappa shape index (κ2) is 7.64. The van der Waals surface area contributed by atoms with Crippen molar-refractivity contribution in [3.8, 4) is 0 Å². The number of pyridine rings is 1. The van der Waals surface area contributed by atoms with Gasteiger partial charge in [-0.1, -0.05) is 25.4 Å². The molecule has 0 unspecified atom stereocenters. The van der Waals surface area contributed by atoms with E-state index in [0.717, 1.165) is 32.5 Å². The third kappa shape index (κ3) is 4.60. The second-order valence-electron chi connectivity index (χ2n) is 5.68. The van der Waals surface area contributed by atoms with Crippen molar-refractivity contribution in [2.24, 2.45) is 5.92 Å². The zero-order valence-corrected chi connectivity index (χ0v) is 13.6. The van der Waals surface area contributed by atoms with E-state index in [1.165, 1.54) is 12.8 Å². The lowest BCUT2D eigenvalue weighted by Crippen LogP contribution is -2.33. The fraction of sp³-hybridized carbons (Fsp3) is 0.625. The average Bonchev–Trinajstić information content (AvgIpc) is 3.29. The van der Waals surface area contributed by atoms with Gasteiger partial charge in [0.05, 0.1) is 10.6 Å². The topological polar surface area (TPSA) is 45.2 Å². The molecule has 5 heteroatoms. The van der Waals surface area contributed by atoms with E-state index in [2.05, 4.69) is 24.1 Å². The number of rotatable bonds is 8. The molecule has 0 bridgehead atoms. The van der Waals surface area contributed by atoms with E-state index in [0.29, 0.717) is 22.3 Å². The summed E-state index contributed by atoms with van der Waals surface area (Å²) in [5, 5.41) is 3.67. The van der Waals surface area contributed by atoms with Crippen LogP contribution in [0.3, 0.4) is 0 Å². The van der Waals surface area contributed by atoms with Crippen molar-refractivity contribution < 1.29 is 4.79 Å². The normalized spacial score (nSPS) is 14.0. The third-order valence-electron chi connectivity index (χ3n) is 3.59. The van der Waals surface area contributed by atoms with Gasteiger partial charge in [-0.3, -0.25) is 4.79 Å². The summed E-state index contributed by atoms with van der Waals surface area (Å²) in [7, 11) is 0. The molecule has 1 aromatic rings. The van der Waals surface area contributed by atoms with Crippen molar-refractivity contribution in [3.05, 3.63) is 22.8 Å². The monoisotopic (exact) mass is 309 g/mol. The highest BCUT2D eigenvalue weighted by Gasteiger charge is 2.27. The molecule has 0 atom stereocenters. The highest BCUT2D eigenvalue weighted by Crippen LogP contribution is 2.30. The molecular formula is C16H24ClN3O. The summed E-state index contributed by atoms with van der Waals surface area (Å²) in [6, 6.07) is 1.73. The molecule has 0 spiro atoms. The maximum Gasteiger partial charge on any atom is 0.255 e. The van der Waals surface area contributed by atoms with Crippen LogP contribution >= 0.6 is 11.6 Å². The fourth-order valence-electron chi connectivity index (χ4n) is 2.27. The highest BCUT2D eigenvalue weighted by atomic mass is 35.5. The van der Waals surface area contributed by atoms with Gasteiger partial charge in [-0.2, -0.15) is 0 Å². The molecule has 0 saturated heterocycles. The van der Waals surface area contributed by atoms with Crippen molar-refractivity contribution in [2.45, 2.75) is 39.5 Å². The first-order chi connectivity index (χ1) is 10.2. The van der Waals surface area contributed by atoms with Gasteiger partial charge in [-0.15, -0.1) is 0 Å². The number of carbonyl (C=O) groups is 1. The summed E-state index contributed by atoms with van der Waals surface area (Å²) in [6.45, 7) is 6.65. The molecule has 4 nitrogen and oxygen atoms in total. The van der Waals surface area contributed by atoms with Crippen LogP contribution in [-0.4, -0.2) is 35.4 Å². The predicted octanol–water partition coefficient (Wildman–Crippen LogP) is 3.82. The van der Waals surface area contributed by atoms with Crippen LogP contribution in [0.15, 0.2) is 12.3 Å². The van der Waals surface area contributed by atoms with Crippen LogP contribution in [-0.2, 0) is 0 Å². The van der Waals surface area contributed by atoms with E-state index in [1.807, 2.05) is 4.90 Å². The molecule has 1 aliphatic rings. The van der Waals surface area contributed by atoms with Crippen LogP contribution in [0.25, 0.3) is 0 Å². The Labute approximate surface area is 131 Å². The first-order valence-electron chi connectivity index (χ1n) is 7.84. The standard InChI is InChI=1S/C16H24ClN3O/c1-3-7-18-15-14(17)9-13(10-19-15)16(21)20(8-4-2)11-12-5-6-12/h9-10,12H,3-8,11H2,1-2H3,(H,18,19). The van der Waals surface area contributed by atoms with Gasteiger partial charge in [0.25, 0.3) is 5.91 Å². The summed E-state index contributed by atoms with van der Waals surface area (Å²) in [4.78, 5) is 18.8. The number of nitrogens with one attached hydrogen (secondary N) is 1. The second-order valence-corrected chi connectivity index (χ2v) is 6.08. The number of hydrogen-bond acceptors (Lipinski definition) is 3. The van der Waals surface area contributed by atoms with Crippen LogP contribution in [0.5, 0.6) is 0 Å². The molecule has 0 aromatic carbocycles. The smallest absolute Gasteiger partial charge is 0.255 e. The van der Waals surface area contributed by atoms with Crippen LogP contribution in [0.1, 0.15) is 49.9 Å². The minimum Gasteiger partial charge on any atom is -0.369 e. The van der Waals surface area contributed by atoms with E-state index in [9.17, 15) is 4.79 Å². The summed E-state index contributed by atoms with van der Waals surface area (Å²) in [5.41, 5.74) is 0.580. The van der Waals surface area contributed by atoms with Gasteiger partial charge in [-0.05, 0) is 37.7 Å². The van der Waals surface area contributed by atoms with Crippen molar-refractivity contribution in [1.82, 2.24) is 9.88 Å². The number of nitrogens with zero attached hydrogens (tertiary/aromatic N) is 2. The molecule has 21 heavy (non-hydrogen) atoms. The van der Waals surface area contributed by atoms with Crippen LogP contribution in [0, 0.1) is 5.92 Å². The lowest BCUT2D eigenvalue weighted by Gasteiger charge is -2.22. The van der Waals surface area contributed by atoms with Crippen LogP contribution in [0.4, 0.5) is 5.82 Å². The molecule has 1 saturated carbocycles. The molecule has 1 amide bonds. The Balaban J connectivity index is 2.07. The van der Waals surface area contributed by atoms with Crippen molar-refractivity contribution in [1.29, 1.82) is 0 Å². The van der Waals surface area contributed by atoms with Crippen LogP contribution < -0.4 is 5.32 Å². The van der Waals surface area contributed by atoms with Gasteiger partial charge < -0.3 is 10.2 Å². The Morgan fingerprint density at radius 2 is 2.19 bits per heavy atom. The molecular weight excluding hydrogens is 286 g/mol. The molecule has 1 aromatic heterocycles. The fourth-order valence-corrected chi connectivity index (χ4v) is 2.50. The lowest BCUT2D eigenvalue weighted by molar-refractivity contribution is 0.0747. The first-order valence-corrected chi connectivity index (χ1v) is 8.22. The van der Waals surface area contributed by atoms with Gasteiger partial charge in [-0.25, -0.2) is 4.98 Å². The molecule has 1 N–H and O–H groups in total. The van der Waals surface area contributed by atoms with E-state index < -0.39 is 0 Å². The number of hydrogen-bond donors (Lipinski definition) is 1. The first kappa shape index (κ1) is 16.1. The zero-order valence-electron chi connectivity index (χ0n) is 12.9. The van der Waals surface area contributed by atoms with Gasteiger partial charge in [0.15, 0.2) is 0 Å². The molecule has 0 aliphatic heterocycles. The van der Waals surface area contributed by atoms with Gasteiger partial charge in [0.2, 0.25) is 0 Å². The SMILES string of the molecule is CCCNc1ncc(C(=O)N(CCC)CC2CC2)cc1Cl. The number of carbonyl (C=O) groups excluding carboxylic acids is 1. The third-order valence-corrected chi connectivity index (χ3v) is 3.87. The maximum atomic E-state index is 12.6. The maximum absolute atomic E-state index is 12.6. The highest BCUT2D eigenvalue weighted by molar-refractivity contribution is 6.33. The molecule has 2 rings (SSSR count). The minimum absolute atomic E-state index is 0.0418. The average molecular weight is 310 g/mol. The molecule has 0 radical (unpaired) electrons. The van der Waals surface area contributed by atoms with E-state index in [4.69, 9.17) is 11.6 Å². The number of amides is 1. The predicted molar refractivity (Wildman–Crippen MR) is 86.9 cm³/mol. The Hall–Kier alpha value is -1.29. The van der Waals surface area contributed by atoms with Gasteiger partial charge in [0, 0.05) is 25.8 Å². The summed E-state index contributed by atoms with van der Waals surface area (Å²) in [6.07, 6.45) is 6.08. The van der Waals surface area contributed by atoms with E-state index >= 15 is 0 Å². The Kier molecular flexibility index (Phi) is 5.85. The Bertz CT molecular complexity index is 488. The zero-order chi connectivity index (χ0) is 15.2. The quantitative estimate of drug-likeness (QED) is 0.794. The molecule has 1 heterocycles. The lowest BCUT2D eigenvalue weighted by atomic mass is 10.2. The molecule has 1 fully saturated rings. The Morgan fingerprint density at radius 3 is 2.76 bits per heavy atom. The Morgan fingerprint density at radius 1 is 1.43 bits per heavy atom. The number of aromatic nitrogens is 1. The number of halogens is 1. The van der Waals surface area contributed by atoms with Gasteiger partial charge in [0.1, 0.15) is 5.82 Å². The largest absolute Gasteiger partial charge is 0.369 e. The van der Waals surface area contributed by atoms with E-state index in [-0.39, 0.29) is 5.91 Å². The summed E-state index contributed by atoms with van der Waals surface area (Å²) in [5.74, 6) is 1.38.